The van der Waals surface area contributed by atoms with Crippen LogP contribution in [0.4, 0.5) is 5.69 Å². The van der Waals surface area contributed by atoms with Gasteiger partial charge in [-0.25, -0.2) is 4.79 Å². The molecule has 35 heavy (non-hydrogen) atoms. The zero-order chi connectivity index (χ0) is 24.4. The molecule has 0 bridgehead atoms. The topological polar surface area (TPSA) is 118 Å². The summed E-state index contributed by atoms with van der Waals surface area (Å²) in [5, 5.41) is 12.3. The fraction of sp³-hybridized carbons (Fsp3) is 0.120. The van der Waals surface area contributed by atoms with Gasteiger partial charge in [-0.3, -0.25) is 9.36 Å². The number of aromatic amines is 2. The van der Waals surface area contributed by atoms with Gasteiger partial charge in [0.15, 0.2) is 11.0 Å². The number of nitrogens with one attached hydrogen (secondary N) is 3. The number of nitrogens with zero attached hydrogens (tertiary/aromatic N) is 3. The Balaban J connectivity index is 1.39. The van der Waals surface area contributed by atoms with Crippen LogP contribution in [0.5, 0.6) is 5.75 Å². The molecule has 0 spiro atoms. The molecule has 3 N–H and O–H groups in total. The van der Waals surface area contributed by atoms with Crippen molar-refractivity contribution in [2.45, 2.75) is 12.1 Å². The maximum atomic E-state index is 12.7. The Labute approximate surface area is 204 Å². The lowest BCUT2D eigenvalue weighted by atomic mass is 10.2. The lowest BCUT2D eigenvalue weighted by Crippen LogP contribution is -2.14. The normalized spacial score (nSPS) is 11.0. The Kier molecular flexibility index (Phi) is 6.11. The predicted molar refractivity (Wildman–Crippen MR) is 136 cm³/mol. The Morgan fingerprint density at radius 3 is 2.49 bits per heavy atom. The van der Waals surface area contributed by atoms with E-state index in [-0.39, 0.29) is 17.3 Å². The van der Waals surface area contributed by atoms with Crippen molar-refractivity contribution in [1.82, 2.24) is 24.7 Å². The number of fused-ring (bicyclic) bond motifs is 1. The van der Waals surface area contributed by atoms with Crippen LogP contribution in [0.2, 0.25) is 0 Å². The van der Waals surface area contributed by atoms with Crippen LogP contribution >= 0.6 is 11.8 Å². The lowest BCUT2D eigenvalue weighted by molar-refractivity contribution is -0.113. The summed E-state index contributed by atoms with van der Waals surface area (Å²) in [5.41, 5.74) is 4.53. The summed E-state index contributed by atoms with van der Waals surface area (Å²) >= 11 is 1.29. The Morgan fingerprint density at radius 1 is 1.00 bits per heavy atom. The van der Waals surface area contributed by atoms with Crippen molar-refractivity contribution in [1.29, 1.82) is 0 Å². The van der Waals surface area contributed by atoms with Crippen molar-refractivity contribution in [2.75, 3.05) is 18.2 Å². The molecule has 0 fully saturated rings. The smallest absolute Gasteiger partial charge is 0.323 e. The molecular formula is C25H22N6O3S. The number of thioether (sulfide) groups is 1. The SMILES string of the molecule is COc1ccc(-c2nnc(SCC(=O)Nc3ccc4[nH]c(=O)[nH]c4c3)n2-c2ccc(C)cc2)cc1. The zero-order valence-corrected chi connectivity index (χ0v) is 19.8. The summed E-state index contributed by atoms with van der Waals surface area (Å²) in [4.78, 5) is 29.5. The van der Waals surface area contributed by atoms with E-state index in [0.29, 0.717) is 27.7 Å². The first-order valence-corrected chi connectivity index (χ1v) is 11.8. The van der Waals surface area contributed by atoms with Crippen molar-refractivity contribution in [3.63, 3.8) is 0 Å². The molecule has 5 aromatic rings. The fourth-order valence-corrected chi connectivity index (χ4v) is 4.41. The van der Waals surface area contributed by atoms with E-state index in [0.717, 1.165) is 22.6 Å². The monoisotopic (exact) mass is 486 g/mol. The third-order valence-electron chi connectivity index (χ3n) is 5.41. The number of hydrogen-bond donors (Lipinski definition) is 3. The first-order chi connectivity index (χ1) is 17.0. The lowest BCUT2D eigenvalue weighted by Gasteiger charge is -2.11. The van der Waals surface area contributed by atoms with E-state index < -0.39 is 0 Å². The molecule has 176 valence electrons. The number of ether oxygens (including phenoxy) is 1. The van der Waals surface area contributed by atoms with E-state index in [2.05, 4.69) is 25.5 Å². The van der Waals surface area contributed by atoms with E-state index in [4.69, 9.17) is 4.74 Å². The Hall–Kier alpha value is -4.31. The van der Waals surface area contributed by atoms with Crippen LogP contribution in [0.1, 0.15) is 5.56 Å². The van der Waals surface area contributed by atoms with Crippen LogP contribution in [-0.2, 0) is 4.79 Å². The second-order valence-corrected chi connectivity index (χ2v) is 8.82. The van der Waals surface area contributed by atoms with E-state index in [1.807, 2.05) is 60.0 Å². The van der Waals surface area contributed by atoms with E-state index >= 15 is 0 Å². The average molecular weight is 487 g/mol. The van der Waals surface area contributed by atoms with Gasteiger partial charge in [-0.05, 0) is 61.5 Å². The van der Waals surface area contributed by atoms with E-state index in [1.54, 1.807) is 25.3 Å². The highest BCUT2D eigenvalue weighted by Crippen LogP contribution is 2.29. The summed E-state index contributed by atoms with van der Waals surface area (Å²) in [6, 6.07) is 20.8. The molecule has 0 atom stereocenters. The summed E-state index contributed by atoms with van der Waals surface area (Å²) in [5.74, 6) is 1.36. The molecule has 0 radical (unpaired) electrons. The molecule has 10 heteroatoms. The summed E-state index contributed by atoms with van der Waals surface area (Å²) in [6.07, 6.45) is 0. The number of H-pyrrole nitrogens is 2. The molecule has 3 aromatic carbocycles. The highest BCUT2D eigenvalue weighted by atomic mass is 32.2. The van der Waals surface area contributed by atoms with Gasteiger partial charge < -0.3 is 20.0 Å². The molecule has 0 aliphatic rings. The van der Waals surface area contributed by atoms with Gasteiger partial charge >= 0.3 is 5.69 Å². The van der Waals surface area contributed by atoms with E-state index in [1.165, 1.54) is 11.8 Å². The molecule has 0 aliphatic carbocycles. The molecule has 0 aliphatic heterocycles. The summed E-state index contributed by atoms with van der Waals surface area (Å²) in [6.45, 7) is 2.03. The second kappa shape index (κ2) is 9.51. The molecule has 9 nitrogen and oxygen atoms in total. The zero-order valence-electron chi connectivity index (χ0n) is 19.0. The number of carbonyl (C=O) groups is 1. The van der Waals surface area contributed by atoms with Crippen molar-refractivity contribution in [2.24, 2.45) is 0 Å². The Bertz CT molecular complexity index is 1550. The van der Waals surface area contributed by atoms with Crippen molar-refractivity contribution in [3.8, 4) is 22.8 Å². The number of hydrogen-bond acceptors (Lipinski definition) is 6. The number of anilines is 1. The Morgan fingerprint density at radius 2 is 1.74 bits per heavy atom. The molecule has 5 rings (SSSR count). The highest BCUT2D eigenvalue weighted by Gasteiger charge is 2.18. The number of aromatic nitrogens is 5. The highest BCUT2D eigenvalue weighted by molar-refractivity contribution is 7.99. The molecule has 1 amide bonds. The first-order valence-electron chi connectivity index (χ1n) is 10.8. The van der Waals surface area contributed by atoms with Crippen LogP contribution in [-0.4, -0.2) is 43.5 Å². The van der Waals surface area contributed by atoms with Gasteiger partial charge in [-0.2, -0.15) is 0 Å². The van der Waals surface area contributed by atoms with Crippen LogP contribution < -0.4 is 15.7 Å². The summed E-state index contributed by atoms with van der Waals surface area (Å²) < 4.78 is 7.21. The fourth-order valence-electron chi connectivity index (χ4n) is 3.65. The van der Waals surface area contributed by atoms with Crippen molar-refractivity contribution in [3.05, 3.63) is 82.8 Å². The number of amides is 1. The average Bonchev–Trinajstić information content (AvgIpc) is 3.45. The largest absolute Gasteiger partial charge is 0.497 e. The minimum absolute atomic E-state index is 0.133. The van der Waals surface area contributed by atoms with Crippen LogP contribution in [0, 0.1) is 6.92 Å². The molecule has 2 aromatic heterocycles. The number of methoxy groups -OCH3 is 1. The van der Waals surface area contributed by atoms with Crippen LogP contribution in [0.3, 0.4) is 0 Å². The minimum Gasteiger partial charge on any atom is -0.497 e. The van der Waals surface area contributed by atoms with Crippen LogP contribution in [0.25, 0.3) is 28.1 Å². The molecule has 0 saturated heterocycles. The van der Waals surface area contributed by atoms with Gasteiger partial charge in [-0.15, -0.1) is 10.2 Å². The molecule has 0 saturated carbocycles. The van der Waals surface area contributed by atoms with Gasteiger partial charge in [0, 0.05) is 16.9 Å². The van der Waals surface area contributed by atoms with Gasteiger partial charge in [0.05, 0.1) is 23.9 Å². The van der Waals surface area contributed by atoms with Crippen LogP contribution in [0.15, 0.2) is 76.7 Å². The number of rotatable bonds is 7. The second-order valence-electron chi connectivity index (χ2n) is 7.88. The molecule has 0 unspecified atom stereocenters. The molecule has 2 heterocycles. The predicted octanol–water partition coefficient (Wildman–Crippen LogP) is 4.15. The first kappa shape index (κ1) is 22.5. The maximum absolute atomic E-state index is 12.7. The van der Waals surface area contributed by atoms with Crippen molar-refractivity contribution >= 4 is 34.4 Å². The van der Waals surface area contributed by atoms with Gasteiger partial charge in [-0.1, -0.05) is 29.5 Å². The minimum atomic E-state index is -0.290. The third-order valence-corrected chi connectivity index (χ3v) is 6.33. The number of imidazole rings is 1. The van der Waals surface area contributed by atoms with Gasteiger partial charge in [0.1, 0.15) is 5.75 Å². The van der Waals surface area contributed by atoms with Gasteiger partial charge in [0.2, 0.25) is 5.91 Å². The van der Waals surface area contributed by atoms with E-state index in [9.17, 15) is 9.59 Å². The number of aryl methyl sites for hydroxylation is 1. The summed E-state index contributed by atoms with van der Waals surface area (Å²) in [7, 11) is 1.62. The maximum Gasteiger partial charge on any atom is 0.323 e. The van der Waals surface area contributed by atoms with Crippen molar-refractivity contribution < 1.29 is 9.53 Å². The number of benzene rings is 3. The number of carbonyl (C=O) groups excluding carboxylic acids is 1. The quantitative estimate of drug-likeness (QED) is 0.298. The third kappa shape index (κ3) is 4.82. The van der Waals surface area contributed by atoms with Gasteiger partial charge in [0.25, 0.3) is 0 Å². The molecular weight excluding hydrogens is 464 g/mol. The standard InChI is InChI=1S/C25H22N6O3S/c1-15-3-8-18(9-4-15)31-23(16-5-10-19(34-2)11-6-16)29-30-25(31)35-14-22(32)26-17-7-12-20-21(13-17)28-24(33)27-20/h3-13H,14H2,1-2H3,(H,26,32)(H2,27,28,33).